The number of hydrogen-bond acceptors (Lipinski definition) is 5. The van der Waals surface area contributed by atoms with Crippen LogP contribution in [0.1, 0.15) is 35.5 Å². The highest BCUT2D eigenvalue weighted by Crippen LogP contribution is 2.35. The molecular formula is C22H18ClFN4O. The van der Waals surface area contributed by atoms with Gasteiger partial charge in [0, 0.05) is 34.8 Å². The molecule has 0 atom stereocenters. The smallest absolute Gasteiger partial charge is 0.150 e. The van der Waals surface area contributed by atoms with Crippen molar-refractivity contribution < 1.29 is 9.60 Å². The van der Waals surface area contributed by atoms with Gasteiger partial charge in [0.2, 0.25) is 0 Å². The van der Waals surface area contributed by atoms with Crippen LogP contribution >= 0.6 is 11.6 Å². The zero-order valence-corrected chi connectivity index (χ0v) is 16.3. The summed E-state index contributed by atoms with van der Waals surface area (Å²) < 4.78 is 13.5. The van der Waals surface area contributed by atoms with E-state index in [9.17, 15) is 4.39 Å². The van der Waals surface area contributed by atoms with Crippen LogP contribution in [-0.4, -0.2) is 27.9 Å². The summed E-state index contributed by atoms with van der Waals surface area (Å²) >= 11 is 6.20. The van der Waals surface area contributed by atoms with Gasteiger partial charge in [-0.15, -0.1) is 0 Å². The van der Waals surface area contributed by atoms with Crippen molar-refractivity contribution in [3.63, 3.8) is 0 Å². The van der Waals surface area contributed by atoms with E-state index in [4.69, 9.17) is 21.8 Å². The molecular weight excluding hydrogens is 391 g/mol. The maximum atomic E-state index is 13.5. The number of rotatable bonds is 4. The van der Waals surface area contributed by atoms with Gasteiger partial charge >= 0.3 is 0 Å². The van der Waals surface area contributed by atoms with Gasteiger partial charge in [-0.05, 0) is 61.1 Å². The lowest BCUT2D eigenvalue weighted by Crippen LogP contribution is -2.05. The van der Waals surface area contributed by atoms with Gasteiger partial charge in [0.05, 0.1) is 11.7 Å². The van der Waals surface area contributed by atoms with Crippen LogP contribution in [0.4, 0.5) is 10.1 Å². The van der Waals surface area contributed by atoms with Crippen LogP contribution in [0.5, 0.6) is 0 Å². The normalized spacial score (nSPS) is 12.8. The summed E-state index contributed by atoms with van der Waals surface area (Å²) in [5, 5.41) is 16.6. The number of hydrogen-bond donors (Lipinski definition) is 2. The molecule has 0 saturated carbocycles. The molecule has 1 aliphatic carbocycles. The van der Waals surface area contributed by atoms with Gasteiger partial charge in [-0.25, -0.2) is 9.37 Å². The van der Waals surface area contributed by atoms with Crippen LogP contribution in [0.3, 0.4) is 0 Å². The summed E-state index contributed by atoms with van der Waals surface area (Å²) in [5.41, 5.74) is 4.82. The molecule has 0 spiro atoms. The zero-order chi connectivity index (χ0) is 20.2. The van der Waals surface area contributed by atoms with Crippen molar-refractivity contribution in [2.75, 3.05) is 11.9 Å². The Morgan fingerprint density at radius 1 is 1.24 bits per heavy atom. The second kappa shape index (κ2) is 8.46. The van der Waals surface area contributed by atoms with Gasteiger partial charge in [0.25, 0.3) is 0 Å². The minimum atomic E-state index is -0.563. The fourth-order valence-electron chi connectivity index (χ4n) is 3.51. The van der Waals surface area contributed by atoms with Crippen LogP contribution in [0.2, 0.25) is 5.02 Å². The van der Waals surface area contributed by atoms with Crippen molar-refractivity contribution in [3.05, 3.63) is 63.8 Å². The standard InChI is InChI=1S/C22H18ClFN4O/c23-14-7-10-20-17(12-14)22(16-5-3-6-19(16)28-20)25-11-2-1-4-15-8-9-18(24)21(27-15)13-26-29/h7-10,12-13,29H,2-3,5-6,11H2,(H,25,28)/b26-13-. The van der Waals surface area contributed by atoms with E-state index in [0.29, 0.717) is 23.7 Å². The van der Waals surface area contributed by atoms with Crippen LogP contribution in [-0.2, 0) is 12.8 Å². The number of pyridine rings is 2. The second-order valence-corrected chi connectivity index (χ2v) is 7.15. The largest absolute Gasteiger partial charge is 0.411 e. The molecule has 0 saturated heterocycles. The van der Waals surface area contributed by atoms with Crippen molar-refractivity contribution in [2.24, 2.45) is 5.16 Å². The Kier molecular flexibility index (Phi) is 5.59. The first kappa shape index (κ1) is 19.2. The van der Waals surface area contributed by atoms with Crippen molar-refractivity contribution in [3.8, 4) is 11.8 Å². The molecule has 0 aliphatic heterocycles. The first-order valence-electron chi connectivity index (χ1n) is 9.33. The summed E-state index contributed by atoms with van der Waals surface area (Å²) in [6.45, 7) is 0.650. The maximum Gasteiger partial charge on any atom is 0.150 e. The van der Waals surface area contributed by atoms with Crippen LogP contribution in [0, 0.1) is 17.7 Å². The Labute approximate surface area is 172 Å². The van der Waals surface area contributed by atoms with Crippen molar-refractivity contribution in [1.29, 1.82) is 0 Å². The van der Waals surface area contributed by atoms with Gasteiger partial charge in [0.1, 0.15) is 11.4 Å². The molecule has 0 bridgehead atoms. The molecule has 1 aliphatic rings. The summed E-state index contributed by atoms with van der Waals surface area (Å²) in [7, 11) is 0. The Hall–Kier alpha value is -3.17. The van der Waals surface area contributed by atoms with E-state index in [2.05, 4.69) is 27.3 Å². The number of aryl methyl sites for hydroxylation is 1. The quantitative estimate of drug-likeness (QED) is 0.218. The summed E-state index contributed by atoms with van der Waals surface area (Å²) in [6.07, 6.45) is 4.64. The van der Waals surface area contributed by atoms with Crippen molar-refractivity contribution in [1.82, 2.24) is 9.97 Å². The van der Waals surface area contributed by atoms with E-state index in [1.165, 1.54) is 17.7 Å². The Morgan fingerprint density at radius 3 is 3.00 bits per heavy atom. The van der Waals surface area contributed by atoms with Crippen LogP contribution in [0.15, 0.2) is 35.5 Å². The topological polar surface area (TPSA) is 70.4 Å². The number of halogens is 2. The summed E-state index contributed by atoms with van der Waals surface area (Å²) in [6, 6.07) is 8.51. The molecule has 29 heavy (non-hydrogen) atoms. The molecule has 4 rings (SSSR count). The highest BCUT2D eigenvalue weighted by atomic mass is 35.5. The van der Waals surface area contributed by atoms with E-state index in [0.717, 1.165) is 47.8 Å². The number of fused-ring (bicyclic) bond motifs is 2. The number of aromatic nitrogens is 2. The predicted molar refractivity (Wildman–Crippen MR) is 112 cm³/mol. The van der Waals surface area contributed by atoms with Crippen LogP contribution < -0.4 is 5.32 Å². The highest BCUT2D eigenvalue weighted by molar-refractivity contribution is 6.31. The van der Waals surface area contributed by atoms with Crippen molar-refractivity contribution in [2.45, 2.75) is 25.7 Å². The molecule has 146 valence electrons. The van der Waals surface area contributed by atoms with E-state index in [1.54, 1.807) is 0 Å². The predicted octanol–water partition coefficient (Wildman–Crippen LogP) is 4.57. The SMILES string of the molecule is O/N=C\c1nc(C#CCCNc2c3c(nc4ccc(Cl)cc24)CCC3)ccc1F. The minimum Gasteiger partial charge on any atom is -0.411 e. The third-order valence-electron chi connectivity index (χ3n) is 4.80. The highest BCUT2D eigenvalue weighted by Gasteiger charge is 2.19. The number of anilines is 1. The van der Waals surface area contributed by atoms with Gasteiger partial charge in [-0.1, -0.05) is 22.7 Å². The molecule has 5 nitrogen and oxygen atoms in total. The Bertz CT molecular complexity index is 1170. The number of oxime groups is 1. The molecule has 0 radical (unpaired) electrons. The molecule has 3 aromatic rings. The van der Waals surface area contributed by atoms with E-state index in [1.807, 2.05) is 18.2 Å². The van der Waals surface area contributed by atoms with Crippen molar-refractivity contribution >= 4 is 34.4 Å². The molecule has 7 heteroatoms. The first-order valence-corrected chi connectivity index (χ1v) is 9.71. The average molecular weight is 409 g/mol. The Balaban J connectivity index is 1.50. The van der Waals surface area contributed by atoms with E-state index < -0.39 is 5.82 Å². The third-order valence-corrected chi connectivity index (χ3v) is 5.03. The monoisotopic (exact) mass is 408 g/mol. The zero-order valence-electron chi connectivity index (χ0n) is 15.5. The molecule has 2 aromatic heterocycles. The molecule has 1 aromatic carbocycles. The molecule has 0 fully saturated rings. The molecule has 2 heterocycles. The fourth-order valence-corrected chi connectivity index (χ4v) is 3.68. The van der Waals surface area contributed by atoms with Crippen LogP contribution in [0.25, 0.3) is 10.9 Å². The first-order chi connectivity index (χ1) is 14.2. The lowest BCUT2D eigenvalue weighted by Gasteiger charge is -2.14. The van der Waals surface area contributed by atoms with E-state index in [-0.39, 0.29) is 5.69 Å². The number of nitrogens with one attached hydrogen (secondary N) is 1. The van der Waals surface area contributed by atoms with Gasteiger partial charge in [-0.3, -0.25) is 4.98 Å². The van der Waals surface area contributed by atoms with E-state index >= 15 is 0 Å². The van der Waals surface area contributed by atoms with Gasteiger partial charge in [0.15, 0.2) is 5.82 Å². The molecule has 2 N–H and O–H groups in total. The summed E-state index contributed by atoms with van der Waals surface area (Å²) in [4.78, 5) is 8.79. The second-order valence-electron chi connectivity index (χ2n) is 6.71. The maximum absolute atomic E-state index is 13.5. The molecule has 0 amide bonds. The molecule has 0 unspecified atom stereocenters. The number of nitrogens with zero attached hydrogens (tertiary/aromatic N) is 3. The fraction of sp³-hybridized carbons (Fsp3) is 0.227. The number of benzene rings is 1. The minimum absolute atomic E-state index is 0.0480. The average Bonchev–Trinajstić information content (AvgIpc) is 3.18. The van der Waals surface area contributed by atoms with Gasteiger partial charge < -0.3 is 10.5 Å². The summed E-state index contributed by atoms with van der Waals surface area (Å²) in [5.74, 6) is 5.39. The lowest BCUT2D eigenvalue weighted by atomic mass is 10.1. The van der Waals surface area contributed by atoms with Gasteiger partial charge in [-0.2, -0.15) is 0 Å². The lowest BCUT2D eigenvalue weighted by molar-refractivity contribution is 0.321. The Morgan fingerprint density at radius 2 is 2.14 bits per heavy atom. The third kappa shape index (κ3) is 4.15.